The standard InChI is InChI=1S/C14H16N2O2/c1-14(7-4-8-15-14)9-16-12(17)10-5-2-3-6-11(10)13(16)18/h2-3,5-6,15H,4,7-9H2,1H3. The number of rotatable bonds is 2. The van der Waals surface area contributed by atoms with Gasteiger partial charge in [0.1, 0.15) is 0 Å². The number of nitrogens with zero attached hydrogens (tertiary/aromatic N) is 1. The van der Waals surface area contributed by atoms with Crippen LogP contribution in [0.1, 0.15) is 40.5 Å². The summed E-state index contributed by atoms with van der Waals surface area (Å²) in [6.07, 6.45) is 2.10. The number of fused-ring (bicyclic) bond motifs is 1. The second kappa shape index (κ2) is 3.92. The number of carbonyl (C=O) groups excluding carboxylic acids is 2. The first-order valence-corrected chi connectivity index (χ1v) is 6.31. The van der Waals surface area contributed by atoms with Crippen molar-refractivity contribution in [1.29, 1.82) is 0 Å². The van der Waals surface area contributed by atoms with E-state index in [1.54, 1.807) is 24.3 Å². The molecule has 1 aromatic rings. The summed E-state index contributed by atoms with van der Waals surface area (Å²) in [4.78, 5) is 25.8. The lowest BCUT2D eigenvalue weighted by atomic mass is 10.00. The second-order valence-electron chi connectivity index (χ2n) is 5.33. The van der Waals surface area contributed by atoms with Gasteiger partial charge < -0.3 is 5.32 Å². The highest BCUT2D eigenvalue weighted by molar-refractivity contribution is 6.21. The molecule has 1 fully saturated rings. The highest BCUT2D eigenvalue weighted by atomic mass is 16.2. The van der Waals surface area contributed by atoms with Gasteiger partial charge in [-0.25, -0.2) is 0 Å². The summed E-state index contributed by atoms with van der Waals surface area (Å²) in [5.41, 5.74) is 0.932. The Labute approximate surface area is 106 Å². The highest BCUT2D eigenvalue weighted by Gasteiger charge is 2.40. The van der Waals surface area contributed by atoms with Crippen LogP contribution < -0.4 is 5.32 Å². The zero-order valence-electron chi connectivity index (χ0n) is 10.4. The van der Waals surface area contributed by atoms with E-state index in [-0.39, 0.29) is 17.4 Å². The fraction of sp³-hybridized carbons (Fsp3) is 0.429. The maximum atomic E-state index is 12.2. The third kappa shape index (κ3) is 1.64. The van der Waals surface area contributed by atoms with Crippen LogP contribution in [0.5, 0.6) is 0 Å². The monoisotopic (exact) mass is 244 g/mol. The Balaban J connectivity index is 1.88. The summed E-state index contributed by atoms with van der Waals surface area (Å²) < 4.78 is 0. The van der Waals surface area contributed by atoms with Crippen LogP contribution >= 0.6 is 0 Å². The van der Waals surface area contributed by atoms with E-state index in [1.807, 2.05) is 0 Å². The van der Waals surface area contributed by atoms with Crippen LogP contribution in [-0.2, 0) is 0 Å². The van der Waals surface area contributed by atoms with Gasteiger partial charge >= 0.3 is 0 Å². The van der Waals surface area contributed by atoms with Crippen molar-refractivity contribution >= 4 is 11.8 Å². The SMILES string of the molecule is CC1(CN2C(=O)c3ccccc3C2=O)CCCN1. The molecule has 1 atom stereocenters. The summed E-state index contributed by atoms with van der Waals surface area (Å²) in [6, 6.07) is 7.03. The van der Waals surface area contributed by atoms with E-state index in [0.29, 0.717) is 17.7 Å². The number of nitrogens with one attached hydrogen (secondary N) is 1. The van der Waals surface area contributed by atoms with E-state index in [1.165, 1.54) is 4.90 Å². The Kier molecular flexibility index (Phi) is 2.48. The number of imide groups is 1. The molecule has 2 amide bonds. The number of carbonyl (C=O) groups is 2. The van der Waals surface area contributed by atoms with Gasteiger partial charge in [0.25, 0.3) is 11.8 Å². The molecular formula is C14H16N2O2. The molecule has 18 heavy (non-hydrogen) atoms. The predicted octanol–water partition coefficient (Wildman–Crippen LogP) is 1.42. The quantitative estimate of drug-likeness (QED) is 0.801. The molecule has 0 radical (unpaired) electrons. The lowest BCUT2D eigenvalue weighted by molar-refractivity contribution is 0.0613. The van der Waals surface area contributed by atoms with Crippen LogP contribution in [0.2, 0.25) is 0 Å². The number of hydrogen-bond donors (Lipinski definition) is 1. The summed E-state index contributed by atoms with van der Waals surface area (Å²) in [5, 5.41) is 3.38. The van der Waals surface area contributed by atoms with Crippen LogP contribution in [0.15, 0.2) is 24.3 Å². The molecule has 3 rings (SSSR count). The molecule has 0 aliphatic carbocycles. The van der Waals surface area contributed by atoms with Crippen molar-refractivity contribution in [2.45, 2.75) is 25.3 Å². The molecule has 4 heteroatoms. The molecule has 0 aromatic heterocycles. The van der Waals surface area contributed by atoms with Crippen LogP contribution in [0.25, 0.3) is 0 Å². The van der Waals surface area contributed by atoms with Crippen LogP contribution in [0, 0.1) is 0 Å². The van der Waals surface area contributed by atoms with Crippen LogP contribution in [0.3, 0.4) is 0 Å². The maximum Gasteiger partial charge on any atom is 0.261 e. The molecule has 2 aliphatic rings. The van der Waals surface area contributed by atoms with Gasteiger partial charge in [0.05, 0.1) is 11.1 Å². The molecule has 4 nitrogen and oxygen atoms in total. The molecule has 1 unspecified atom stereocenters. The van der Waals surface area contributed by atoms with Crippen LogP contribution in [0.4, 0.5) is 0 Å². The van der Waals surface area contributed by atoms with E-state index in [4.69, 9.17) is 0 Å². The maximum absolute atomic E-state index is 12.2. The van der Waals surface area contributed by atoms with Gasteiger partial charge in [-0.1, -0.05) is 12.1 Å². The Morgan fingerprint density at radius 2 is 1.83 bits per heavy atom. The highest BCUT2D eigenvalue weighted by Crippen LogP contribution is 2.27. The van der Waals surface area contributed by atoms with Crippen molar-refractivity contribution in [1.82, 2.24) is 10.2 Å². The topological polar surface area (TPSA) is 49.4 Å². The van der Waals surface area contributed by atoms with Gasteiger partial charge in [-0.05, 0) is 38.4 Å². The predicted molar refractivity (Wildman–Crippen MR) is 67.5 cm³/mol. The molecule has 1 N–H and O–H groups in total. The molecule has 1 aromatic carbocycles. The largest absolute Gasteiger partial charge is 0.310 e. The average Bonchev–Trinajstić information content (AvgIpc) is 2.89. The minimum atomic E-state index is -0.162. The summed E-state index contributed by atoms with van der Waals surface area (Å²) in [7, 11) is 0. The third-order valence-corrected chi connectivity index (χ3v) is 3.84. The van der Waals surface area contributed by atoms with E-state index in [9.17, 15) is 9.59 Å². The van der Waals surface area contributed by atoms with E-state index < -0.39 is 0 Å². The van der Waals surface area contributed by atoms with Crippen molar-refractivity contribution in [2.24, 2.45) is 0 Å². The fourth-order valence-corrected chi connectivity index (χ4v) is 2.82. The number of hydrogen-bond acceptors (Lipinski definition) is 3. The number of amides is 2. The zero-order chi connectivity index (χ0) is 12.8. The first kappa shape index (κ1) is 11.4. The first-order chi connectivity index (χ1) is 8.61. The Morgan fingerprint density at radius 3 is 2.33 bits per heavy atom. The minimum Gasteiger partial charge on any atom is -0.310 e. The Bertz CT molecular complexity index is 483. The lowest BCUT2D eigenvalue weighted by Crippen LogP contribution is -2.49. The van der Waals surface area contributed by atoms with Gasteiger partial charge in [-0.3, -0.25) is 14.5 Å². The first-order valence-electron chi connectivity index (χ1n) is 6.31. The van der Waals surface area contributed by atoms with E-state index in [0.717, 1.165) is 19.4 Å². The average molecular weight is 244 g/mol. The van der Waals surface area contributed by atoms with Gasteiger partial charge in [0, 0.05) is 12.1 Å². The van der Waals surface area contributed by atoms with Gasteiger partial charge in [-0.15, -0.1) is 0 Å². The van der Waals surface area contributed by atoms with Crippen molar-refractivity contribution in [2.75, 3.05) is 13.1 Å². The fourth-order valence-electron chi connectivity index (χ4n) is 2.82. The van der Waals surface area contributed by atoms with Gasteiger partial charge in [-0.2, -0.15) is 0 Å². The minimum absolute atomic E-state index is 0.132. The van der Waals surface area contributed by atoms with Gasteiger partial charge in [0.2, 0.25) is 0 Å². The molecule has 0 saturated carbocycles. The second-order valence-corrected chi connectivity index (χ2v) is 5.33. The summed E-state index contributed by atoms with van der Waals surface area (Å²) >= 11 is 0. The van der Waals surface area contributed by atoms with Crippen LogP contribution in [-0.4, -0.2) is 35.3 Å². The van der Waals surface area contributed by atoms with Gasteiger partial charge in [0.15, 0.2) is 0 Å². The summed E-state index contributed by atoms with van der Waals surface area (Å²) in [5.74, 6) is -0.323. The smallest absolute Gasteiger partial charge is 0.261 e. The van der Waals surface area contributed by atoms with Crippen molar-refractivity contribution in [3.05, 3.63) is 35.4 Å². The van der Waals surface area contributed by atoms with Crippen molar-refractivity contribution < 1.29 is 9.59 Å². The van der Waals surface area contributed by atoms with E-state index in [2.05, 4.69) is 12.2 Å². The summed E-state index contributed by atoms with van der Waals surface area (Å²) in [6.45, 7) is 3.49. The lowest BCUT2D eigenvalue weighted by Gasteiger charge is -2.28. The Hall–Kier alpha value is -1.68. The van der Waals surface area contributed by atoms with E-state index >= 15 is 0 Å². The molecular weight excluding hydrogens is 228 g/mol. The normalized spacial score (nSPS) is 26.8. The molecule has 0 bridgehead atoms. The Morgan fingerprint density at radius 1 is 1.22 bits per heavy atom. The third-order valence-electron chi connectivity index (χ3n) is 3.84. The molecule has 2 aliphatic heterocycles. The zero-order valence-corrected chi connectivity index (χ0v) is 10.4. The molecule has 94 valence electrons. The molecule has 0 spiro atoms. The molecule has 2 heterocycles. The molecule has 1 saturated heterocycles. The van der Waals surface area contributed by atoms with Crippen molar-refractivity contribution in [3.8, 4) is 0 Å². The van der Waals surface area contributed by atoms with Crippen molar-refractivity contribution in [3.63, 3.8) is 0 Å². The number of benzene rings is 1.